The number of rotatable bonds is 4. The summed E-state index contributed by atoms with van der Waals surface area (Å²) < 4.78 is 0. The van der Waals surface area contributed by atoms with Gasteiger partial charge in [0.15, 0.2) is 0 Å². The molecular weight excluding hydrogens is 294 g/mol. The van der Waals surface area contributed by atoms with Crippen LogP contribution in [0.3, 0.4) is 0 Å². The van der Waals surface area contributed by atoms with Crippen LogP contribution >= 0.6 is 11.8 Å². The minimum atomic E-state index is -0.731. The van der Waals surface area contributed by atoms with E-state index in [0.29, 0.717) is 6.54 Å². The molecule has 0 aliphatic carbocycles. The van der Waals surface area contributed by atoms with Gasteiger partial charge in [0.05, 0.1) is 5.60 Å². The first-order chi connectivity index (χ1) is 10.4. The molecular formula is C18H25NO2S. The minimum Gasteiger partial charge on any atom is -0.388 e. The number of nitrogens with one attached hydrogen (secondary N) is 1. The molecule has 0 atom stereocenters. The highest BCUT2D eigenvalue weighted by molar-refractivity contribution is 7.99. The van der Waals surface area contributed by atoms with Crippen LogP contribution in [0.4, 0.5) is 0 Å². The van der Waals surface area contributed by atoms with Crippen LogP contribution in [0.1, 0.15) is 35.1 Å². The lowest BCUT2D eigenvalue weighted by atomic mass is 9.97. The van der Waals surface area contributed by atoms with Gasteiger partial charge in [0.2, 0.25) is 5.91 Å². The lowest BCUT2D eigenvalue weighted by Gasteiger charge is -2.31. The summed E-state index contributed by atoms with van der Waals surface area (Å²) in [4.78, 5) is 12.0. The van der Waals surface area contributed by atoms with E-state index in [1.807, 2.05) is 24.8 Å². The Morgan fingerprint density at radius 3 is 2.55 bits per heavy atom. The average Bonchev–Trinajstić information content (AvgIpc) is 2.48. The molecule has 0 unspecified atom stereocenters. The van der Waals surface area contributed by atoms with Crippen molar-refractivity contribution in [3.8, 4) is 0 Å². The Labute approximate surface area is 137 Å². The monoisotopic (exact) mass is 319 g/mol. The first-order valence-corrected chi connectivity index (χ1v) is 8.89. The molecule has 3 nitrogen and oxygen atoms in total. The molecule has 2 N–H and O–H groups in total. The molecule has 4 heteroatoms. The molecule has 1 saturated heterocycles. The first kappa shape index (κ1) is 17.1. The molecule has 0 saturated carbocycles. The summed E-state index contributed by atoms with van der Waals surface area (Å²) in [6, 6.07) is 4.23. The Bertz CT molecular complexity index is 575. The van der Waals surface area contributed by atoms with Gasteiger partial charge in [0.1, 0.15) is 0 Å². The summed E-state index contributed by atoms with van der Waals surface area (Å²) in [6.45, 7) is 6.55. The van der Waals surface area contributed by atoms with Crippen molar-refractivity contribution >= 4 is 23.7 Å². The molecule has 1 aromatic rings. The molecule has 120 valence electrons. The van der Waals surface area contributed by atoms with Crippen LogP contribution in [0.2, 0.25) is 0 Å². The van der Waals surface area contributed by atoms with E-state index in [1.54, 1.807) is 6.08 Å². The maximum absolute atomic E-state index is 12.0. The van der Waals surface area contributed by atoms with E-state index in [0.717, 1.165) is 35.5 Å². The van der Waals surface area contributed by atoms with Crippen molar-refractivity contribution < 1.29 is 9.90 Å². The largest absolute Gasteiger partial charge is 0.388 e. The molecule has 0 spiro atoms. The van der Waals surface area contributed by atoms with E-state index < -0.39 is 5.60 Å². The zero-order valence-electron chi connectivity index (χ0n) is 13.6. The number of carbonyl (C=O) groups is 1. The predicted molar refractivity (Wildman–Crippen MR) is 94.2 cm³/mol. The smallest absolute Gasteiger partial charge is 0.244 e. The van der Waals surface area contributed by atoms with Gasteiger partial charge in [-0.15, -0.1) is 0 Å². The number of hydrogen-bond donors (Lipinski definition) is 2. The highest BCUT2D eigenvalue weighted by Gasteiger charge is 2.29. The van der Waals surface area contributed by atoms with E-state index in [9.17, 15) is 9.90 Å². The molecule has 1 fully saturated rings. The van der Waals surface area contributed by atoms with Gasteiger partial charge in [-0.05, 0) is 73.4 Å². The standard InChI is InChI=1S/C18H25NO2S/c1-13-10-15(3)16(11-14(13)2)4-5-17(20)19-12-18(21)6-8-22-9-7-18/h4-5,10-11,21H,6-9,12H2,1-3H3,(H,19,20). The second-order valence-corrected chi connectivity index (χ2v) is 7.41. The number of hydrogen-bond acceptors (Lipinski definition) is 3. The van der Waals surface area contributed by atoms with Crippen molar-refractivity contribution in [1.82, 2.24) is 5.32 Å². The molecule has 0 bridgehead atoms. The third-order valence-corrected chi connectivity index (χ3v) is 5.30. The zero-order chi connectivity index (χ0) is 16.2. The van der Waals surface area contributed by atoms with Gasteiger partial charge >= 0.3 is 0 Å². The minimum absolute atomic E-state index is 0.149. The maximum atomic E-state index is 12.0. The molecule has 1 aromatic carbocycles. The molecule has 1 aliphatic heterocycles. The fourth-order valence-electron chi connectivity index (χ4n) is 2.57. The highest BCUT2D eigenvalue weighted by atomic mass is 32.2. The van der Waals surface area contributed by atoms with E-state index in [2.05, 4.69) is 31.3 Å². The Morgan fingerprint density at radius 1 is 1.23 bits per heavy atom. The van der Waals surface area contributed by atoms with Gasteiger partial charge in [-0.25, -0.2) is 0 Å². The molecule has 1 aliphatic rings. The lowest BCUT2D eigenvalue weighted by Crippen LogP contribution is -2.44. The van der Waals surface area contributed by atoms with E-state index in [-0.39, 0.29) is 5.91 Å². The second-order valence-electron chi connectivity index (χ2n) is 6.18. The van der Waals surface area contributed by atoms with E-state index in [4.69, 9.17) is 0 Å². The molecule has 0 radical (unpaired) electrons. The van der Waals surface area contributed by atoms with Crippen molar-refractivity contribution in [2.24, 2.45) is 0 Å². The maximum Gasteiger partial charge on any atom is 0.244 e. The third kappa shape index (κ3) is 4.62. The van der Waals surface area contributed by atoms with Crippen LogP contribution in [0.5, 0.6) is 0 Å². The zero-order valence-corrected chi connectivity index (χ0v) is 14.4. The average molecular weight is 319 g/mol. The fraction of sp³-hybridized carbons (Fsp3) is 0.500. The third-order valence-electron chi connectivity index (χ3n) is 4.31. The topological polar surface area (TPSA) is 49.3 Å². The van der Waals surface area contributed by atoms with E-state index >= 15 is 0 Å². The predicted octanol–water partition coefficient (Wildman–Crippen LogP) is 3.00. The second kappa shape index (κ2) is 7.34. The SMILES string of the molecule is Cc1cc(C)c(C=CC(=O)NCC2(O)CCSCC2)cc1C. The van der Waals surface area contributed by atoms with Crippen LogP contribution in [0, 0.1) is 20.8 Å². The van der Waals surface area contributed by atoms with Gasteiger partial charge in [0.25, 0.3) is 0 Å². The summed E-state index contributed by atoms with van der Waals surface area (Å²) in [7, 11) is 0. The molecule has 1 amide bonds. The quantitative estimate of drug-likeness (QED) is 0.839. The Kier molecular flexibility index (Phi) is 5.70. The van der Waals surface area contributed by atoms with Crippen molar-refractivity contribution in [1.29, 1.82) is 0 Å². The Morgan fingerprint density at radius 2 is 1.86 bits per heavy atom. The number of amides is 1. The number of aliphatic hydroxyl groups is 1. The number of carbonyl (C=O) groups excluding carboxylic acids is 1. The van der Waals surface area contributed by atoms with Crippen LogP contribution in [0.15, 0.2) is 18.2 Å². The highest BCUT2D eigenvalue weighted by Crippen LogP contribution is 2.26. The van der Waals surface area contributed by atoms with Gasteiger partial charge in [-0.3, -0.25) is 4.79 Å². The van der Waals surface area contributed by atoms with Crippen molar-refractivity contribution in [3.63, 3.8) is 0 Å². The molecule has 22 heavy (non-hydrogen) atoms. The van der Waals surface area contributed by atoms with Gasteiger partial charge < -0.3 is 10.4 Å². The summed E-state index contributed by atoms with van der Waals surface area (Å²) in [5.41, 5.74) is 3.97. The number of thioether (sulfide) groups is 1. The van der Waals surface area contributed by atoms with Gasteiger partial charge in [-0.1, -0.05) is 12.1 Å². The normalized spacial score (nSPS) is 17.6. The van der Waals surface area contributed by atoms with Gasteiger partial charge in [0, 0.05) is 12.6 Å². The summed E-state index contributed by atoms with van der Waals surface area (Å²) >= 11 is 1.86. The fourth-order valence-corrected chi connectivity index (χ4v) is 3.82. The number of aryl methyl sites for hydroxylation is 3. The van der Waals surface area contributed by atoms with Crippen molar-refractivity contribution in [2.75, 3.05) is 18.1 Å². The van der Waals surface area contributed by atoms with Crippen LogP contribution < -0.4 is 5.32 Å². The Balaban J connectivity index is 1.93. The summed E-state index contributed by atoms with van der Waals surface area (Å²) in [6.07, 6.45) is 4.89. The molecule has 0 aromatic heterocycles. The first-order valence-electron chi connectivity index (χ1n) is 7.73. The van der Waals surface area contributed by atoms with Gasteiger partial charge in [-0.2, -0.15) is 11.8 Å². The van der Waals surface area contributed by atoms with Crippen molar-refractivity contribution in [3.05, 3.63) is 40.5 Å². The summed E-state index contributed by atoms with van der Waals surface area (Å²) in [5, 5.41) is 13.2. The van der Waals surface area contributed by atoms with Crippen LogP contribution in [0.25, 0.3) is 6.08 Å². The summed E-state index contributed by atoms with van der Waals surface area (Å²) in [5.74, 6) is 1.78. The van der Waals surface area contributed by atoms with E-state index in [1.165, 1.54) is 11.1 Å². The van der Waals surface area contributed by atoms with Crippen LogP contribution in [-0.4, -0.2) is 34.7 Å². The molecule has 1 heterocycles. The number of benzene rings is 1. The Hall–Kier alpha value is -1.26. The molecule has 2 rings (SSSR count). The van der Waals surface area contributed by atoms with Crippen molar-refractivity contribution in [2.45, 2.75) is 39.2 Å². The lowest BCUT2D eigenvalue weighted by molar-refractivity contribution is -0.117. The van der Waals surface area contributed by atoms with Crippen LogP contribution in [-0.2, 0) is 4.79 Å².